The van der Waals surface area contributed by atoms with Crippen LogP contribution in [0.3, 0.4) is 0 Å². The van der Waals surface area contributed by atoms with Crippen molar-refractivity contribution in [2.45, 2.75) is 32.5 Å². The van der Waals surface area contributed by atoms with E-state index in [-0.39, 0.29) is 12.6 Å². The molecule has 1 aromatic carbocycles. The summed E-state index contributed by atoms with van der Waals surface area (Å²) in [5.74, 6) is -0.785. The molecule has 0 spiro atoms. The molecule has 2 heterocycles. The first-order chi connectivity index (χ1) is 12.0. The Labute approximate surface area is 146 Å². The molecule has 1 aliphatic rings. The van der Waals surface area contributed by atoms with Gasteiger partial charge in [-0.3, -0.25) is 4.90 Å². The van der Waals surface area contributed by atoms with Gasteiger partial charge in [-0.15, -0.1) is 0 Å². The summed E-state index contributed by atoms with van der Waals surface area (Å²) >= 11 is 0. The number of benzene rings is 1. The molecule has 3 rings (SSSR count). The zero-order valence-electron chi connectivity index (χ0n) is 14.5. The van der Waals surface area contributed by atoms with E-state index >= 15 is 0 Å². The van der Waals surface area contributed by atoms with Crippen molar-refractivity contribution in [2.24, 2.45) is 0 Å². The summed E-state index contributed by atoms with van der Waals surface area (Å²) in [6, 6.07) is 8.02. The number of anilines is 1. The number of fused-ring (bicyclic) bond motifs is 1. The molecule has 0 aliphatic carbocycles. The summed E-state index contributed by atoms with van der Waals surface area (Å²) in [4.78, 5) is 8.86. The highest BCUT2D eigenvalue weighted by atomic mass is 19.2. The van der Waals surface area contributed by atoms with Crippen molar-refractivity contribution in [1.82, 2.24) is 9.88 Å². The van der Waals surface area contributed by atoms with Crippen LogP contribution in [0, 0.1) is 18.6 Å². The Hall–Kier alpha value is -2.05. The van der Waals surface area contributed by atoms with Crippen LogP contribution in [-0.2, 0) is 13.1 Å². The molecule has 1 aromatic heterocycles. The number of rotatable bonds is 3. The van der Waals surface area contributed by atoms with Crippen LogP contribution >= 0.6 is 0 Å². The van der Waals surface area contributed by atoms with Gasteiger partial charge in [-0.25, -0.2) is 13.8 Å². The van der Waals surface area contributed by atoms with Gasteiger partial charge >= 0.3 is 0 Å². The maximum absolute atomic E-state index is 13.5. The van der Waals surface area contributed by atoms with Crippen molar-refractivity contribution in [3.8, 4) is 0 Å². The second kappa shape index (κ2) is 7.45. The smallest absolute Gasteiger partial charge is 0.159 e. The first kappa shape index (κ1) is 17.8. The molecule has 134 valence electrons. The van der Waals surface area contributed by atoms with Gasteiger partial charge in [0.1, 0.15) is 5.82 Å². The molecule has 1 aliphatic heterocycles. The topological polar surface area (TPSA) is 39.6 Å². The van der Waals surface area contributed by atoms with E-state index in [1.165, 1.54) is 6.07 Å². The molecule has 0 unspecified atom stereocenters. The van der Waals surface area contributed by atoms with Crippen LogP contribution in [0.2, 0.25) is 0 Å². The fraction of sp³-hybridized carbons (Fsp3) is 0.421. The van der Waals surface area contributed by atoms with Crippen LogP contribution in [0.25, 0.3) is 0 Å². The van der Waals surface area contributed by atoms with Crippen molar-refractivity contribution >= 4 is 5.82 Å². The van der Waals surface area contributed by atoms with Crippen LogP contribution < -0.4 is 4.90 Å². The Balaban J connectivity index is 1.88. The number of hydrogen-bond acceptors (Lipinski definition) is 4. The van der Waals surface area contributed by atoms with Gasteiger partial charge in [0.25, 0.3) is 0 Å². The molecule has 0 fully saturated rings. The van der Waals surface area contributed by atoms with Crippen molar-refractivity contribution in [1.29, 1.82) is 0 Å². The third-order valence-corrected chi connectivity index (χ3v) is 4.75. The van der Waals surface area contributed by atoms with Gasteiger partial charge in [-0.05, 0) is 37.1 Å². The van der Waals surface area contributed by atoms with E-state index < -0.39 is 11.6 Å². The zero-order chi connectivity index (χ0) is 18.0. The first-order valence-electron chi connectivity index (χ1n) is 8.44. The fourth-order valence-electron chi connectivity index (χ4n) is 3.26. The second-order valence-corrected chi connectivity index (χ2v) is 6.63. The van der Waals surface area contributed by atoms with Crippen molar-refractivity contribution in [3.05, 3.63) is 58.8 Å². The molecule has 0 saturated carbocycles. The molecular weight excluding hydrogens is 324 g/mol. The molecule has 0 saturated heterocycles. The maximum Gasteiger partial charge on any atom is 0.159 e. The van der Waals surface area contributed by atoms with Gasteiger partial charge in [0.2, 0.25) is 0 Å². The Morgan fingerprint density at radius 2 is 2.00 bits per heavy atom. The highest BCUT2D eigenvalue weighted by Crippen LogP contribution is 2.26. The Kier molecular flexibility index (Phi) is 5.30. The highest BCUT2D eigenvalue weighted by Gasteiger charge is 2.24. The summed E-state index contributed by atoms with van der Waals surface area (Å²) in [6.07, 6.45) is 0.770. The quantitative estimate of drug-likeness (QED) is 0.927. The van der Waals surface area contributed by atoms with E-state index in [4.69, 9.17) is 0 Å². The van der Waals surface area contributed by atoms with E-state index in [0.717, 1.165) is 41.7 Å². The Morgan fingerprint density at radius 1 is 1.20 bits per heavy atom. The van der Waals surface area contributed by atoms with Crippen LogP contribution in [0.15, 0.2) is 30.3 Å². The normalized spacial score (nSPS) is 18.6. The number of aliphatic hydroxyl groups is 1. The van der Waals surface area contributed by atoms with Crippen LogP contribution in [0.4, 0.5) is 14.6 Å². The standard InChI is InChI=1S/C19H23F2N3O/c1-13-3-5-15-11-24(10-14-4-6-17(20)18(21)9-14)8-7-16(12-25)23(2)19(15)22-13/h3-6,9,16,25H,7-8,10-12H2,1-2H3/t16-/m0/s1. The van der Waals surface area contributed by atoms with Gasteiger partial charge in [-0.2, -0.15) is 0 Å². The maximum atomic E-state index is 13.5. The van der Waals surface area contributed by atoms with E-state index in [1.807, 2.05) is 31.0 Å². The minimum atomic E-state index is -0.830. The average molecular weight is 347 g/mol. The minimum Gasteiger partial charge on any atom is -0.394 e. The van der Waals surface area contributed by atoms with E-state index in [9.17, 15) is 13.9 Å². The number of halogens is 2. The van der Waals surface area contributed by atoms with E-state index in [2.05, 4.69) is 9.88 Å². The molecule has 1 N–H and O–H groups in total. The van der Waals surface area contributed by atoms with Crippen LogP contribution in [-0.4, -0.2) is 41.2 Å². The molecule has 0 amide bonds. The second-order valence-electron chi connectivity index (χ2n) is 6.63. The lowest BCUT2D eigenvalue weighted by Gasteiger charge is -2.35. The van der Waals surface area contributed by atoms with Crippen LogP contribution in [0.1, 0.15) is 23.2 Å². The molecule has 6 heteroatoms. The summed E-state index contributed by atoms with van der Waals surface area (Å²) < 4.78 is 26.6. The SMILES string of the molecule is Cc1ccc2c(n1)N(C)[C@H](CO)CCN(Cc1ccc(F)c(F)c1)C2. The molecule has 25 heavy (non-hydrogen) atoms. The lowest BCUT2D eigenvalue weighted by atomic mass is 10.1. The number of hydrogen-bond donors (Lipinski definition) is 1. The fourth-order valence-corrected chi connectivity index (χ4v) is 3.26. The lowest BCUT2D eigenvalue weighted by Crippen LogP contribution is -2.41. The number of aliphatic hydroxyl groups excluding tert-OH is 1. The number of nitrogens with zero attached hydrogens (tertiary/aromatic N) is 3. The zero-order valence-corrected chi connectivity index (χ0v) is 14.5. The predicted molar refractivity (Wildman–Crippen MR) is 93.3 cm³/mol. The monoisotopic (exact) mass is 347 g/mol. The molecule has 2 aromatic rings. The minimum absolute atomic E-state index is 0.0270. The number of pyridine rings is 1. The third kappa shape index (κ3) is 3.96. The van der Waals surface area contributed by atoms with Crippen molar-refractivity contribution in [2.75, 3.05) is 25.1 Å². The molecule has 0 bridgehead atoms. The third-order valence-electron chi connectivity index (χ3n) is 4.75. The Morgan fingerprint density at radius 3 is 2.72 bits per heavy atom. The summed E-state index contributed by atoms with van der Waals surface area (Å²) in [6.45, 7) is 3.93. The summed E-state index contributed by atoms with van der Waals surface area (Å²) in [5, 5.41) is 9.74. The Bertz CT molecular complexity index is 753. The molecule has 0 radical (unpaired) electrons. The largest absolute Gasteiger partial charge is 0.394 e. The summed E-state index contributed by atoms with van der Waals surface area (Å²) in [5.41, 5.74) is 2.72. The molecular formula is C19H23F2N3O. The molecule has 4 nitrogen and oxygen atoms in total. The molecule has 1 atom stereocenters. The number of likely N-dealkylation sites (N-methyl/N-ethyl adjacent to an activating group) is 1. The van der Waals surface area contributed by atoms with Gasteiger partial charge in [-0.1, -0.05) is 12.1 Å². The lowest BCUT2D eigenvalue weighted by molar-refractivity contribution is 0.205. The summed E-state index contributed by atoms with van der Waals surface area (Å²) in [7, 11) is 1.96. The first-order valence-corrected chi connectivity index (χ1v) is 8.44. The van der Waals surface area contributed by atoms with Crippen LogP contribution in [0.5, 0.6) is 0 Å². The van der Waals surface area contributed by atoms with Crippen molar-refractivity contribution < 1.29 is 13.9 Å². The highest BCUT2D eigenvalue weighted by molar-refractivity contribution is 5.48. The van der Waals surface area contributed by atoms with E-state index in [0.29, 0.717) is 13.1 Å². The number of aryl methyl sites for hydroxylation is 1. The van der Waals surface area contributed by atoms with Gasteiger partial charge in [0.15, 0.2) is 11.6 Å². The van der Waals surface area contributed by atoms with Gasteiger partial charge < -0.3 is 10.0 Å². The van der Waals surface area contributed by atoms with E-state index in [1.54, 1.807) is 6.07 Å². The van der Waals surface area contributed by atoms with Crippen molar-refractivity contribution in [3.63, 3.8) is 0 Å². The average Bonchev–Trinajstić information content (AvgIpc) is 2.58. The van der Waals surface area contributed by atoms with Gasteiger partial charge in [0, 0.05) is 37.9 Å². The predicted octanol–water partition coefficient (Wildman–Crippen LogP) is 2.87. The number of aromatic nitrogens is 1. The van der Waals surface area contributed by atoms with Gasteiger partial charge in [0.05, 0.1) is 12.6 Å².